The highest BCUT2D eigenvalue weighted by Crippen LogP contribution is 2.33. The molecule has 3 heteroatoms. The average molecular weight is 255 g/mol. The zero-order valence-corrected chi connectivity index (χ0v) is 10.8. The summed E-state index contributed by atoms with van der Waals surface area (Å²) in [5.74, 6) is -0.480. The molecule has 0 fully saturated rings. The Labute approximate surface area is 112 Å². The summed E-state index contributed by atoms with van der Waals surface area (Å²) in [6, 6.07) is 16.8. The second-order valence-corrected chi connectivity index (χ2v) is 4.77. The number of carbonyl (C=O) groups excluding carboxylic acids is 1. The summed E-state index contributed by atoms with van der Waals surface area (Å²) in [5, 5.41) is 9.85. The van der Waals surface area contributed by atoms with E-state index in [1.165, 1.54) is 0 Å². The minimum Gasteiger partial charge on any atom is -0.395 e. The minimum absolute atomic E-state index is 0.0959. The number of hydrogen-bond donors (Lipinski definition) is 2. The Morgan fingerprint density at radius 3 is 2.26 bits per heavy atom. The smallest absolute Gasteiger partial charge is 0.249 e. The largest absolute Gasteiger partial charge is 0.395 e. The Balaban J connectivity index is 2.63. The van der Waals surface area contributed by atoms with E-state index in [1.54, 1.807) is 12.1 Å². The number of carbonyl (C=O) groups is 1. The molecule has 1 atom stereocenters. The molecule has 0 bridgehead atoms. The van der Waals surface area contributed by atoms with Crippen LogP contribution in [-0.2, 0) is 5.41 Å². The van der Waals surface area contributed by atoms with Crippen molar-refractivity contribution >= 4 is 5.91 Å². The van der Waals surface area contributed by atoms with Crippen LogP contribution >= 0.6 is 0 Å². The molecule has 0 saturated carbocycles. The highest BCUT2D eigenvalue weighted by molar-refractivity contribution is 5.95. The number of nitrogens with two attached hydrogens (primary N) is 1. The lowest BCUT2D eigenvalue weighted by molar-refractivity contribution is 0.0997. The lowest BCUT2D eigenvalue weighted by atomic mass is 9.75. The summed E-state index contributed by atoms with van der Waals surface area (Å²) in [6.45, 7) is 1.81. The summed E-state index contributed by atoms with van der Waals surface area (Å²) in [7, 11) is 0. The van der Waals surface area contributed by atoms with E-state index in [4.69, 9.17) is 5.73 Å². The van der Waals surface area contributed by atoms with E-state index in [1.807, 2.05) is 49.4 Å². The van der Waals surface area contributed by atoms with Crippen molar-refractivity contribution in [2.45, 2.75) is 12.3 Å². The number of benzene rings is 2. The second-order valence-electron chi connectivity index (χ2n) is 4.77. The first kappa shape index (κ1) is 13.3. The van der Waals surface area contributed by atoms with Crippen LogP contribution in [0.15, 0.2) is 54.6 Å². The molecule has 2 rings (SSSR count). The number of amides is 1. The van der Waals surface area contributed by atoms with E-state index in [-0.39, 0.29) is 6.61 Å². The monoisotopic (exact) mass is 255 g/mol. The normalized spacial score (nSPS) is 13.8. The molecular weight excluding hydrogens is 238 g/mol. The quantitative estimate of drug-likeness (QED) is 0.878. The van der Waals surface area contributed by atoms with Crippen molar-refractivity contribution in [2.75, 3.05) is 6.61 Å². The molecule has 0 spiro atoms. The van der Waals surface area contributed by atoms with Crippen LogP contribution in [0.5, 0.6) is 0 Å². The third-order valence-corrected chi connectivity index (χ3v) is 3.51. The van der Waals surface area contributed by atoms with Crippen molar-refractivity contribution < 1.29 is 9.90 Å². The van der Waals surface area contributed by atoms with E-state index in [9.17, 15) is 9.90 Å². The molecule has 0 unspecified atom stereocenters. The van der Waals surface area contributed by atoms with E-state index in [2.05, 4.69) is 0 Å². The van der Waals surface area contributed by atoms with Crippen LogP contribution in [0.1, 0.15) is 28.4 Å². The molecule has 0 aliphatic rings. The van der Waals surface area contributed by atoms with E-state index < -0.39 is 11.3 Å². The molecule has 0 aromatic heterocycles. The summed E-state index contributed by atoms with van der Waals surface area (Å²) in [6.07, 6.45) is 0. The van der Waals surface area contributed by atoms with Gasteiger partial charge < -0.3 is 10.8 Å². The lowest BCUT2D eigenvalue weighted by Crippen LogP contribution is -2.31. The van der Waals surface area contributed by atoms with Gasteiger partial charge >= 0.3 is 0 Å². The van der Waals surface area contributed by atoms with Gasteiger partial charge in [-0.05, 0) is 24.1 Å². The topological polar surface area (TPSA) is 63.3 Å². The van der Waals surface area contributed by atoms with Gasteiger partial charge in [-0.3, -0.25) is 4.79 Å². The SMILES string of the molecule is C[C@@](CO)(c1ccccc1)c1ccccc1C(N)=O. The predicted molar refractivity (Wildman–Crippen MR) is 74.9 cm³/mol. The number of hydrogen-bond acceptors (Lipinski definition) is 2. The van der Waals surface area contributed by atoms with Crippen LogP contribution < -0.4 is 5.73 Å². The first-order valence-electron chi connectivity index (χ1n) is 6.15. The first-order valence-corrected chi connectivity index (χ1v) is 6.15. The van der Waals surface area contributed by atoms with Gasteiger partial charge in [0.15, 0.2) is 0 Å². The van der Waals surface area contributed by atoms with Crippen molar-refractivity contribution in [3.63, 3.8) is 0 Å². The summed E-state index contributed by atoms with van der Waals surface area (Å²) in [4.78, 5) is 11.6. The van der Waals surface area contributed by atoms with Gasteiger partial charge in [0.1, 0.15) is 0 Å². The molecular formula is C16H17NO2. The fourth-order valence-electron chi connectivity index (χ4n) is 2.32. The standard InChI is InChI=1S/C16H17NO2/c1-16(11-18,12-7-3-2-4-8-12)14-10-6-5-9-13(14)15(17)19/h2-10,18H,11H2,1H3,(H2,17,19)/t16-/m1/s1. The molecule has 3 nitrogen and oxygen atoms in total. The Morgan fingerprint density at radius 1 is 1.11 bits per heavy atom. The maximum Gasteiger partial charge on any atom is 0.249 e. The van der Waals surface area contributed by atoms with Gasteiger partial charge in [0, 0.05) is 11.0 Å². The zero-order chi connectivity index (χ0) is 13.9. The molecule has 19 heavy (non-hydrogen) atoms. The maximum atomic E-state index is 11.6. The Kier molecular flexibility index (Phi) is 3.67. The van der Waals surface area contributed by atoms with Crippen molar-refractivity contribution in [1.82, 2.24) is 0 Å². The molecule has 3 N–H and O–H groups in total. The summed E-state index contributed by atoms with van der Waals surface area (Å²) >= 11 is 0. The number of aliphatic hydroxyl groups excluding tert-OH is 1. The summed E-state index contributed by atoms with van der Waals surface area (Å²) in [5.41, 5.74) is 6.92. The lowest BCUT2D eigenvalue weighted by Gasteiger charge is -2.30. The number of aliphatic hydroxyl groups is 1. The van der Waals surface area contributed by atoms with Crippen LogP contribution in [0.4, 0.5) is 0 Å². The molecule has 0 heterocycles. The first-order chi connectivity index (χ1) is 9.09. The van der Waals surface area contributed by atoms with Gasteiger partial charge in [-0.25, -0.2) is 0 Å². The predicted octanol–water partition coefficient (Wildman–Crippen LogP) is 2.08. The molecule has 0 aliphatic heterocycles. The fraction of sp³-hybridized carbons (Fsp3) is 0.188. The van der Waals surface area contributed by atoms with Crippen LogP contribution in [0.25, 0.3) is 0 Å². The van der Waals surface area contributed by atoms with Crippen LogP contribution in [0, 0.1) is 0 Å². The molecule has 98 valence electrons. The molecule has 0 aliphatic carbocycles. The third-order valence-electron chi connectivity index (χ3n) is 3.51. The van der Waals surface area contributed by atoms with Gasteiger partial charge in [0.05, 0.1) is 6.61 Å². The van der Waals surface area contributed by atoms with Gasteiger partial charge in [-0.15, -0.1) is 0 Å². The highest BCUT2D eigenvalue weighted by Gasteiger charge is 2.31. The molecule has 1 amide bonds. The van der Waals surface area contributed by atoms with Crippen LogP contribution in [0.2, 0.25) is 0 Å². The highest BCUT2D eigenvalue weighted by atomic mass is 16.3. The zero-order valence-electron chi connectivity index (χ0n) is 10.8. The van der Waals surface area contributed by atoms with E-state index >= 15 is 0 Å². The van der Waals surface area contributed by atoms with Crippen LogP contribution in [-0.4, -0.2) is 17.6 Å². The molecule has 2 aromatic carbocycles. The van der Waals surface area contributed by atoms with Crippen molar-refractivity contribution in [3.05, 3.63) is 71.3 Å². The molecule has 2 aromatic rings. The molecule has 0 saturated heterocycles. The van der Waals surface area contributed by atoms with Gasteiger partial charge in [-0.2, -0.15) is 0 Å². The minimum atomic E-state index is -0.646. The Bertz CT molecular complexity index is 580. The van der Waals surface area contributed by atoms with Gasteiger partial charge in [0.2, 0.25) is 5.91 Å². The Hall–Kier alpha value is -2.13. The average Bonchev–Trinajstić information content (AvgIpc) is 2.47. The second kappa shape index (κ2) is 5.24. The Morgan fingerprint density at radius 2 is 1.68 bits per heavy atom. The summed E-state index contributed by atoms with van der Waals surface area (Å²) < 4.78 is 0. The molecule has 0 radical (unpaired) electrons. The van der Waals surface area contributed by atoms with Crippen LogP contribution in [0.3, 0.4) is 0 Å². The maximum absolute atomic E-state index is 11.6. The van der Waals surface area contributed by atoms with Crippen molar-refractivity contribution in [2.24, 2.45) is 5.73 Å². The van der Waals surface area contributed by atoms with Gasteiger partial charge in [-0.1, -0.05) is 48.5 Å². The van der Waals surface area contributed by atoms with Gasteiger partial charge in [0.25, 0.3) is 0 Å². The van der Waals surface area contributed by atoms with Crippen molar-refractivity contribution in [3.8, 4) is 0 Å². The number of primary amides is 1. The van der Waals surface area contributed by atoms with Crippen molar-refractivity contribution in [1.29, 1.82) is 0 Å². The fourth-order valence-corrected chi connectivity index (χ4v) is 2.32. The van der Waals surface area contributed by atoms with E-state index in [0.717, 1.165) is 11.1 Å². The van der Waals surface area contributed by atoms with E-state index in [0.29, 0.717) is 5.56 Å². The number of rotatable bonds is 4. The third kappa shape index (κ3) is 2.37.